The Balaban J connectivity index is 1.43. The SMILES string of the molecule is CC(=O)N1C=Cc2ccccc2[C@@H]1CC(=O)N1CCCC[C@H]1c1nc2ccccc2s1. The standard InChI is InChI=1S/C25H25N3O2S/c1-17(29)27-15-13-18-8-2-3-9-19(18)22(27)16-24(30)28-14-7-6-11-21(28)25-26-20-10-4-5-12-23(20)31-25/h2-5,8-10,12-13,15,21-22H,6-7,11,14,16H2,1H3/t21-,22-/m0/s1. The molecule has 31 heavy (non-hydrogen) atoms. The lowest BCUT2D eigenvalue weighted by Crippen LogP contribution is -2.41. The summed E-state index contributed by atoms with van der Waals surface area (Å²) in [4.78, 5) is 34.4. The average Bonchev–Trinajstić information content (AvgIpc) is 3.23. The van der Waals surface area contributed by atoms with Gasteiger partial charge in [-0.05, 0) is 48.6 Å². The number of hydrogen-bond acceptors (Lipinski definition) is 4. The third-order valence-electron chi connectivity index (χ3n) is 6.26. The highest BCUT2D eigenvalue weighted by molar-refractivity contribution is 7.18. The van der Waals surface area contributed by atoms with Crippen LogP contribution in [0.1, 0.15) is 60.8 Å². The molecule has 5 nitrogen and oxygen atoms in total. The van der Waals surface area contributed by atoms with E-state index >= 15 is 0 Å². The Morgan fingerprint density at radius 2 is 1.90 bits per heavy atom. The Morgan fingerprint density at radius 1 is 1.10 bits per heavy atom. The van der Waals surface area contributed by atoms with Crippen LogP contribution in [-0.2, 0) is 9.59 Å². The first-order chi connectivity index (χ1) is 15.1. The first-order valence-electron chi connectivity index (χ1n) is 10.8. The minimum absolute atomic E-state index is 0.0128. The summed E-state index contributed by atoms with van der Waals surface area (Å²) < 4.78 is 1.16. The van der Waals surface area contributed by atoms with Gasteiger partial charge >= 0.3 is 0 Å². The van der Waals surface area contributed by atoms with Crippen LogP contribution in [0, 0.1) is 0 Å². The molecule has 0 radical (unpaired) electrons. The highest BCUT2D eigenvalue weighted by atomic mass is 32.1. The summed E-state index contributed by atoms with van der Waals surface area (Å²) in [5.41, 5.74) is 3.09. The first-order valence-corrected chi connectivity index (χ1v) is 11.6. The zero-order valence-electron chi connectivity index (χ0n) is 17.5. The number of aromatic nitrogens is 1. The second-order valence-corrected chi connectivity index (χ2v) is 9.27. The number of piperidine rings is 1. The zero-order valence-corrected chi connectivity index (χ0v) is 18.3. The highest BCUT2D eigenvalue weighted by Crippen LogP contribution is 2.38. The normalized spacial score (nSPS) is 20.7. The van der Waals surface area contributed by atoms with Gasteiger partial charge in [0.25, 0.3) is 0 Å². The lowest BCUT2D eigenvalue weighted by atomic mass is 9.92. The molecule has 6 heteroatoms. The molecule has 0 spiro atoms. The Morgan fingerprint density at radius 3 is 2.74 bits per heavy atom. The van der Waals surface area contributed by atoms with Crippen LogP contribution in [0.4, 0.5) is 0 Å². The van der Waals surface area contributed by atoms with Gasteiger partial charge in [0.1, 0.15) is 5.01 Å². The van der Waals surface area contributed by atoms with Crippen LogP contribution in [0.25, 0.3) is 16.3 Å². The van der Waals surface area contributed by atoms with E-state index in [1.54, 1.807) is 23.2 Å². The number of likely N-dealkylation sites (tertiary alicyclic amines) is 1. The van der Waals surface area contributed by atoms with E-state index in [0.717, 1.165) is 52.2 Å². The number of benzene rings is 2. The molecule has 1 aromatic heterocycles. The molecule has 5 rings (SSSR count). The number of carbonyl (C=O) groups is 2. The van der Waals surface area contributed by atoms with E-state index in [4.69, 9.17) is 4.98 Å². The summed E-state index contributed by atoms with van der Waals surface area (Å²) in [7, 11) is 0. The van der Waals surface area contributed by atoms with Gasteiger partial charge in [0.2, 0.25) is 11.8 Å². The third-order valence-corrected chi connectivity index (χ3v) is 7.39. The first kappa shape index (κ1) is 19.9. The molecule has 2 atom stereocenters. The van der Waals surface area contributed by atoms with Crippen molar-refractivity contribution in [2.75, 3.05) is 6.54 Å². The van der Waals surface area contributed by atoms with E-state index in [1.807, 2.05) is 59.6 Å². The molecule has 1 fully saturated rings. The summed E-state index contributed by atoms with van der Waals surface area (Å²) in [6.07, 6.45) is 7.07. The Kier molecular flexibility index (Phi) is 5.32. The quantitative estimate of drug-likeness (QED) is 0.564. The summed E-state index contributed by atoms with van der Waals surface area (Å²) in [5.74, 6) is 0.0372. The molecule has 0 saturated carbocycles. The van der Waals surface area contributed by atoms with Crippen molar-refractivity contribution in [2.45, 2.75) is 44.7 Å². The fourth-order valence-corrected chi connectivity index (χ4v) is 5.83. The van der Waals surface area contributed by atoms with E-state index in [2.05, 4.69) is 6.07 Å². The van der Waals surface area contributed by atoms with Crippen molar-refractivity contribution in [2.24, 2.45) is 0 Å². The van der Waals surface area contributed by atoms with Gasteiger partial charge in [0, 0.05) is 19.7 Å². The highest BCUT2D eigenvalue weighted by Gasteiger charge is 2.34. The van der Waals surface area contributed by atoms with Gasteiger partial charge in [0.15, 0.2) is 0 Å². The fourth-order valence-electron chi connectivity index (χ4n) is 4.72. The number of nitrogens with zero attached hydrogens (tertiary/aromatic N) is 3. The summed E-state index contributed by atoms with van der Waals surface area (Å²) in [5, 5.41) is 1.02. The molecular weight excluding hydrogens is 406 g/mol. The molecule has 0 unspecified atom stereocenters. The second kappa shape index (κ2) is 8.27. The topological polar surface area (TPSA) is 53.5 Å². The molecule has 0 bridgehead atoms. The lowest BCUT2D eigenvalue weighted by molar-refractivity contribution is -0.137. The molecule has 0 aliphatic carbocycles. The maximum atomic E-state index is 13.6. The van der Waals surface area contributed by atoms with E-state index in [9.17, 15) is 9.59 Å². The Bertz CT molecular complexity index is 1140. The third kappa shape index (κ3) is 3.76. The second-order valence-electron chi connectivity index (χ2n) is 8.21. The van der Waals surface area contributed by atoms with Crippen LogP contribution in [0.15, 0.2) is 54.7 Å². The molecule has 2 aliphatic rings. The number of fused-ring (bicyclic) bond motifs is 2. The monoisotopic (exact) mass is 431 g/mol. The number of carbonyl (C=O) groups excluding carboxylic acids is 2. The van der Waals surface area contributed by atoms with Crippen molar-refractivity contribution in [1.82, 2.24) is 14.8 Å². The van der Waals surface area contributed by atoms with E-state index < -0.39 is 0 Å². The maximum Gasteiger partial charge on any atom is 0.225 e. The fraction of sp³-hybridized carbons (Fsp3) is 0.320. The summed E-state index contributed by atoms with van der Waals surface area (Å²) in [6.45, 7) is 2.30. The van der Waals surface area contributed by atoms with Gasteiger partial charge in [-0.15, -0.1) is 11.3 Å². The largest absolute Gasteiger partial charge is 0.333 e. The average molecular weight is 432 g/mol. The van der Waals surface area contributed by atoms with Crippen molar-refractivity contribution < 1.29 is 9.59 Å². The molecule has 2 aromatic carbocycles. The minimum Gasteiger partial charge on any atom is -0.333 e. The Hall–Kier alpha value is -2.99. The molecule has 158 valence electrons. The molecule has 2 aliphatic heterocycles. The van der Waals surface area contributed by atoms with Gasteiger partial charge in [-0.25, -0.2) is 4.98 Å². The van der Waals surface area contributed by atoms with E-state index in [0.29, 0.717) is 0 Å². The molecular formula is C25H25N3O2S. The molecule has 1 saturated heterocycles. The van der Waals surface area contributed by atoms with Gasteiger partial charge in [-0.1, -0.05) is 36.4 Å². The van der Waals surface area contributed by atoms with Crippen LogP contribution in [0.5, 0.6) is 0 Å². The van der Waals surface area contributed by atoms with Crippen LogP contribution in [0.3, 0.4) is 0 Å². The minimum atomic E-state index is -0.274. The van der Waals surface area contributed by atoms with Gasteiger partial charge in [-0.2, -0.15) is 0 Å². The summed E-state index contributed by atoms with van der Waals surface area (Å²) >= 11 is 1.68. The molecule has 0 N–H and O–H groups in total. The molecule has 3 aromatic rings. The van der Waals surface area contributed by atoms with E-state index in [1.165, 1.54) is 0 Å². The predicted octanol–water partition coefficient (Wildman–Crippen LogP) is 5.31. The molecule has 3 heterocycles. The predicted molar refractivity (Wildman–Crippen MR) is 123 cm³/mol. The zero-order chi connectivity index (χ0) is 21.4. The van der Waals surface area contributed by atoms with Gasteiger partial charge < -0.3 is 9.80 Å². The maximum absolute atomic E-state index is 13.6. The van der Waals surface area contributed by atoms with Crippen LogP contribution in [0.2, 0.25) is 0 Å². The Labute approximate surface area is 186 Å². The van der Waals surface area contributed by atoms with Crippen molar-refractivity contribution in [3.63, 3.8) is 0 Å². The van der Waals surface area contributed by atoms with Crippen molar-refractivity contribution in [3.05, 3.63) is 70.9 Å². The van der Waals surface area contributed by atoms with Crippen LogP contribution >= 0.6 is 11.3 Å². The number of amides is 2. The van der Waals surface area contributed by atoms with Crippen molar-refractivity contribution in [3.8, 4) is 0 Å². The van der Waals surface area contributed by atoms with Gasteiger partial charge in [0.05, 0.1) is 28.7 Å². The smallest absolute Gasteiger partial charge is 0.225 e. The van der Waals surface area contributed by atoms with E-state index in [-0.39, 0.29) is 30.3 Å². The van der Waals surface area contributed by atoms with Gasteiger partial charge in [-0.3, -0.25) is 9.59 Å². The molecule has 2 amide bonds. The number of thiazole rings is 1. The van der Waals surface area contributed by atoms with Crippen molar-refractivity contribution in [1.29, 1.82) is 0 Å². The number of para-hydroxylation sites is 1. The number of rotatable bonds is 3. The van der Waals surface area contributed by atoms with Crippen molar-refractivity contribution >= 4 is 39.4 Å². The lowest BCUT2D eigenvalue weighted by Gasteiger charge is -2.38. The van der Waals surface area contributed by atoms with Crippen LogP contribution in [-0.4, -0.2) is 33.1 Å². The number of hydrogen-bond donors (Lipinski definition) is 0. The summed E-state index contributed by atoms with van der Waals surface area (Å²) in [6, 6.07) is 15.9. The van der Waals surface area contributed by atoms with Crippen LogP contribution < -0.4 is 0 Å².